The predicted octanol–water partition coefficient (Wildman–Crippen LogP) is 2.38. The van der Waals surface area contributed by atoms with Crippen LogP contribution in [0.4, 0.5) is 6.01 Å². The largest absolute Gasteiger partial charge is 0.335 e. The molecule has 21 heavy (non-hydrogen) atoms. The molecule has 0 saturated heterocycles. The molecule has 0 spiro atoms. The summed E-state index contributed by atoms with van der Waals surface area (Å²) < 4.78 is 31.4. The van der Waals surface area contributed by atoms with Crippen molar-refractivity contribution in [3.8, 4) is 0 Å². The van der Waals surface area contributed by atoms with Crippen LogP contribution in [0.1, 0.15) is 5.82 Å². The molecule has 1 aromatic carbocycles. The van der Waals surface area contributed by atoms with Gasteiger partial charge in [-0.3, -0.25) is 0 Å². The first-order valence-corrected chi connectivity index (χ1v) is 7.70. The number of hydrogen-bond acceptors (Lipinski definition) is 6. The lowest BCUT2D eigenvalue weighted by atomic mass is 10.2. The summed E-state index contributed by atoms with van der Waals surface area (Å²) in [6, 6.07) is 7.60. The Morgan fingerprint density at radius 3 is 2.71 bits per heavy atom. The molecule has 2 heterocycles. The molecule has 1 N–H and O–H groups in total. The van der Waals surface area contributed by atoms with Crippen LogP contribution in [-0.2, 0) is 10.0 Å². The molecule has 0 saturated carbocycles. The third-order valence-corrected chi connectivity index (χ3v) is 4.21. The second-order valence-corrected chi connectivity index (χ2v) is 6.31. The van der Waals surface area contributed by atoms with Crippen molar-refractivity contribution in [3.63, 3.8) is 0 Å². The van der Waals surface area contributed by atoms with E-state index in [2.05, 4.69) is 19.8 Å². The molecular weight excluding hydrogens is 316 g/mol. The molecule has 2 aromatic heterocycles. The molecule has 0 amide bonds. The van der Waals surface area contributed by atoms with Crippen molar-refractivity contribution in [2.45, 2.75) is 11.8 Å². The summed E-state index contributed by atoms with van der Waals surface area (Å²) in [5.41, 5.74) is 0.607. The van der Waals surface area contributed by atoms with Gasteiger partial charge >= 0.3 is 6.01 Å². The molecule has 3 aromatic rings. The van der Waals surface area contributed by atoms with E-state index < -0.39 is 10.0 Å². The van der Waals surface area contributed by atoms with Crippen molar-refractivity contribution in [1.29, 1.82) is 0 Å². The Morgan fingerprint density at radius 1 is 1.19 bits per heavy atom. The average molecular weight is 325 g/mol. The van der Waals surface area contributed by atoms with Crippen molar-refractivity contribution in [2.75, 3.05) is 4.72 Å². The molecule has 0 aliphatic rings. The molecule has 0 aliphatic carbocycles. The van der Waals surface area contributed by atoms with E-state index in [1.54, 1.807) is 25.1 Å². The van der Waals surface area contributed by atoms with Gasteiger partial charge in [0, 0.05) is 5.39 Å². The van der Waals surface area contributed by atoms with Gasteiger partial charge in [0.15, 0.2) is 5.82 Å². The number of aryl methyl sites for hydroxylation is 1. The predicted molar refractivity (Wildman–Crippen MR) is 76.6 cm³/mol. The molecule has 3 rings (SSSR count). The third-order valence-electron chi connectivity index (χ3n) is 2.69. The molecule has 0 aliphatic heterocycles. The molecule has 9 heteroatoms. The van der Waals surface area contributed by atoms with Gasteiger partial charge in [0.2, 0.25) is 0 Å². The molecule has 0 radical (unpaired) electrons. The number of rotatable bonds is 3. The highest BCUT2D eigenvalue weighted by Crippen LogP contribution is 2.21. The molecule has 0 fully saturated rings. The maximum Gasteiger partial charge on any atom is 0.335 e. The molecule has 7 nitrogen and oxygen atoms in total. The molecule has 0 unspecified atom stereocenters. The smallest absolute Gasteiger partial charge is 0.314 e. The standard InChI is InChI=1S/C12H9ClN4O3S/c1-7-14-12(20-16-7)17-21(18,19)9-3-4-10-8(6-9)2-5-11(13)15-10/h2-6H,1H3,(H,14,16,17). The number of benzene rings is 1. The zero-order valence-corrected chi connectivity index (χ0v) is 12.3. The first-order chi connectivity index (χ1) is 9.94. The minimum atomic E-state index is -3.81. The summed E-state index contributed by atoms with van der Waals surface area (Å²) in [5.74, 6) is 0.338. The average Bonchev–Trinajstić information content (AvgIpc) is 2.82. The van der Waals surface area contributed by atoms with E-state index in [1.807, 2.05) is 0 Å². The number of hydrogen-bond donors (Lipinski definition) is 1. The van der Waals surface area contributed by atoms with Gasteiger partial charge in [0.1, 0.15) is 5.15 Å². The van der Waals surface area contributed by atoms with Crippen LogP contribution < -0.4 is 4.72 Å². The van der Waals surface area contributed by atoms with Gasteiger partial charge in [-0.05, 0) is 37.3 Å². The van der Waals surface area contributed by atoms with E-state index in [0.29, 0.717) is 21.9 Å². The SMILES string of the molecule is Cc1noc(NS(=O)(=O)c2ccc3nc(Cl)ccc3c2)n1. The molecule has 0 atom stereocenters. The fourth-order valence-corrected chi connectivity index (χ4v) is 2.87. The maximum atomic E-state index is 12.2. The van der Waals surface area contributed by atoms with Gasteiger partial charge in [0.05, 0.1) is 10.4 Å². The zero-order valence-electron chi connectivity index (χ0n) is 10.7. The summed E-state index contributed by atoms with van der Waals surface area (Å²) in [4.78, 5) is 7.96. The van der Waals surface area contributed by atoms with E-state index in [9.17, 15) is 8.42 Å². The Balaban J connectivity index is 2.00. The second-order valence-electron chi connectivity index (χ2n) is 4.24. The van der Waals surface area contributed by atoms with Crippen LogP contribution in [0.5, 0.6) is 0 Å². The molecule has 0 bridgehead atoms. The van der Waals surface area contributed by atoms with Gasteiger partial charge < -0.3 is 4.52 Å². The summed E-state index contributed by atoms with van der Waals surface area (Å²) in [7, 11) is -3.81. The summed E-state index contributed by atoms with van der Waals surface area (Å²) in [5, 5.41) is 4.52. The summed E-state index contributed by atoms with van der Waals surface area (Å²) >= 11 is 5.79. The minimum absolute atomic E-state index is 0.0648. The van der Waals surface area contributed by atoms with E-state index >= 15 is 0 Å². The Hall–Kier alpha value is -2.19. The number of nitrogens with one attached hydrogen (secondary N) is 1. The van der Waals surface area contributed by atoms with E-state index in [0.717, 1.165) is 0 Å². The second kappa shape index (κ2) is 4.97. The molecular formula is C12H9ClN4O3S. The number of anilines is 1. The molecule has 108 valence electrons. The summed E-state index contributed by atoms with van der Waals surface area (Å²) in [6.07, 6.45) is 0. The fraction of sp³-hybridized carbons (Fsp3) is 0.0833. The lowest BCUT2D eigenvalue weighted by molar-refractivity contribution is 0.429. The van der Waals surface area contributed by atoms with Crippen LogP contribution in [0, 0.1) is 6.92 Å². The highest BCUT2D eigenvalue weighted by Gasteiger charge is 2.18. The van der Waals surface area contributed by atoms with Crippen LogP contribution in [0.15, 0.2) is 39.8 Å². The van der Waals surface area contributed by atoms with Gasteiger partial charge in [-0.15, -0.1) is 0 Å². The van der Waals surface area contributed by atoms with E-state index in [-0.39, 0.29) is 10.9 Å². The number of fused-ring (bicyclic) bond motifs is 1. The Morgan fingerprint density at radius 2 is 2.00 bits per heavy atom. The van der Waals surface area contributed by atoms with Gasteiger partial charge in [0.25, 0.3) is 10.0 Å². The minimum Gasteiger partial charge on any atom is -0.314 e. The van der Waals surface area contributed by atoms with Crippen molar-refractivity contribution >= 4 is 38.5 Å². The van der Waals surface area contributed by atoms with Gasteiger partial charge in [-0.25, -0.2) is 18.1 Å². The quantitative estimate of drug-likeness (QED) is 0.743. The van der Waals surface area contributed by atoms with Crippen LogP contribution >= 0.6 is 11.6 Å². The summed E-state index contributed by atoms with van der Waals surface area (Å²) in [6.45, 7) is 1.59. The topological polar surface area (TPSA) is 98.0 Å². The Labute approximate surface area is 125 Å². The number of nitrogens with zero attached hydrogens (tertiary/aromatic N) is 3. The van der Waals surface area contributed by atoms with Crippen molar-refractivity contribution in [1.82, 2.24) is 15.1 Å². The fourth-order valence-electron chi connectivity index (χ4n) is 1.76. The van der Waals surface area contributed by atoms with Gasteiger partial charge in [-0.2, -0.15) is 4.98 Å². The van der Waals surface area contributed by atoms with Crippen LogP contribution in [0.3, 0.4) is 0 Å². The number of halogens is 1. The normalized spacial score (nSPS) is 11.7. The third kappa shape index (κ3) is 2.81. The van der Waals surface area contributed by atoms with Crippen molar-refractivity contribution in [3.05, 3.63) is 41.3 Å². The lowest BCUT2D eigenvalue weighted by Gasteiger charge is -2.05. The highest BCUT2D eigenvalue weighted by molar-refractivity contribution is 7.92. The number of sulfonamides is 1. The zero-order chi connectivity index (χ0) is 15.0. The van der Waals surface area contributed by atoms with Crippen LogP contribution in [0.2, 0.25) is 5.15 Å². The lowest BCUT2D eigenvalue weighted by Crippen LogP contribution is -2.13. The number of pyridine rings is 1. The maximum absolute atomic E-state index is 12.2. The van der Waals surface area contributed by atoms with Crippen molar-refractivity contribution < 1.29 is 12.9 Å². The van der Waals surface area contributed by atoms with Crippen LogP contribution in [0.25, 0.3) is 10.9 Å². The van der Waals surface area contributed by atoms with Gasteiger partial charge in [-0.1, -0.05) is 16.8 Å². The van der Waals surface area contributed by atoms with E-state index in [4.69, 9.17) is 16.1 Å². The van der Waals surface area contributed by atoms with E-state index in [1.165, 1.54) is 12.1 Å². The highest BCUT2D eigenvalue weighted by atomic mass is 35.5. The monoisotopic (exact) mass is 324 g/mol. The first-order valence-electron chi connectivity index (χ1n) is 5.83. The van der Waals surface area contributed by atoms with Crippen molar-refractivity contribution in [2.24, 2.45) is 0 Å². The van der Waals surface area contributed by atoms with Crippen LogP contribution in [-0.4, -0.2) is 23.5 Å². The first kappa shape index (κ1) is 13.8. The Bertz CT molecular complexity index is 923. The Kier molecular flexibility index (Phi) is 3.26. The number of aromatic nitrogens is 3.